The lowest BCUT2D eigenvalue weighted by Crippen LogP contribution is -2.46. The van der Waals surface area contributed by atoms with E-state index in [1.165, 1.54) is 34.2 Å². The maximum absolute atomic E-state index is 14.9. The van der Waals surface area contributed by atoms with Crippen LogP contribution in [0, 0.1) is 11.6 Å². The molecule has 1 saturated heterocycles. The summed E-state index contributed by atoms with van der Waals surface area (Å²) >= 11 is 6.42. The van der Waals surface area contributed by atoms with E-state index in [2.05, 4.69) is 10.0 Å². The zero-order valence-electron chi connectivity index (χ0n) is 21.8. The van der Waals surface area contributed by atoms with E-state index < -0.39 is 29.5 Å². The van der Waals surface area contributed by atoms with Gasteiger partial charge < -0.3 is 9.64 Å². The number of rotatable bonds is 8. The second-order valence-corrected chi connectivity index (χ2v) is 10.1. The molecule has 0 aromatic heterocycles. The molecule has 0 saturated carbocycles. The number of morpholine rings is 1. The summed E-state index contributed by atoms with van der Waals surface area (Å²) in [5, 5.41) is 6.31. The first-order valence-corrected chi connectivity index (χ1v) is 13.5. The Balaban J connectivity index is 1.43. The summed E-state index contributed by atoms with van der Waals surface area (Å²) in [6, 6.07) is 18.1. The average molecular weight is 567 g/mol. The van der Waals surface area contributed by atoms with Gasteiger partial charge in [-0.1, -0.05) is 54.1 Å². The van der Waals surface area contributed by atoms with Gasteiger partial charge in [-0.15, -0.1) is 0 Å². The van der Waals surface area contributed by atoms with Gasteiger partial charge in [-0.3, -0.25) is 14.5 Å². The fraction of sp³-hybridized carbons (Fsp3) is 0.300. The molecule has 40 heavy (non-hydrogen) atoms. The molecule has 0 spiro atoms. The lowest BCUT2D eigenvalue weighted by Gasteiger charge is -2.31. The molecule has 0 bridgehead atoms. The smallest absolute Gasteiger partial charge is 0.262 e. The van der Waals surface area contributed by atoms with Crippen molar-refractivity contribution in [2.24, 2.45) is 5.10 Å². The van der Waals surface area contributed by atoms with Crippen LogP contribution in [0.15, 0.2) is 77.9 Å². The first kappa shape index (κ1) is 27.9. The van der Waals surface area contributed by atoms with Crippen LogP contribution in [-0.4, -0.2) is 78.3 Å². The van der Waals surface area contributed by atoms with Crippen LogP contribution in [-0.2, 0) is 9.53 Å². The quantitative estimate of drug-likeness (QED) is 0.394. The number of hydrogen-bond donors (Lipinski definition) is 0. The van der Waals surface area contributed by atoms with E-state index in [4.69, 9.17) is 16.3 Å². The summed E-state index contributed by atoms with van der Waals surface area (Å²) in [5.74, 6) is -1.96. The van der Waals surface area contributed by atoms with Crippen molar-refractivity contribution in [1.29, 1.82) is 0 Å². The highest BCUT2D eigenvalue weighted by atomic mass is 35.5. The fourth-order valence-electron chi connectivity index (χ4n) is 4.96. The predicted molar refractivity (Wildman–Crippen MR) is 148 cm³/mol. The highest BCUT2D eigenvalue weighted by Gasteiger charge is 2.36. The summed E-state index contributed by atoms with van der Waals surface area (Å²) in [7, 11) is 0. The first-order valence-electron chi connectivity index (χ1n) is 13.1. The van der Waals surface area contributed by atoms with Gasteiger partial charge in [-0.05, 0) is 30.3 Å². The molecule has 3 aromatic carbocycles. The van der Waals surface area contributed by atoms with Gasteiger partial charge in [0.25, 0.3) is 11.8 Å². The predicted octanol–water partition coefficient (Wildman–Crippen LogP) is 4.77. The number of carbonyl (C=O) groups is 2. The summed E-state index contributed by atoms with van der Waals surface area (Å²) in [4.78, 5) is 30.9. The molecular weight excluding hydrogens is 538 g/mol. The van der Waals surface area contributed by atoms with Crippen molar-refractivity contribution in [3.8, 4) is 0 Å². The standard InChI is InChI=1S/C30H29ClF2N4O3/c31-25-10-3-1-8-23(25)27-19-28(24-9-2-4-11-26(24)33)37(34-27)29(38)20-36(13-12-35-14-16-40-17-15-35)30(39)21-6-5-7-22(32)18-21/h1-11,18,28H,12-17,19-20H2/t28-/m0/s1. The maximum Gasteiger partial charge on any atom is 0.262 e. The van der Waals surface area contributed by atoms with Gasteiger partial charge in [0.2, 0.25) is 0 Å². The number of ether oxygens (including phenoxy) is 1. The molecule has 2 aliphatic rings. The lowest BCUT2D eigenvalue weighted by atomic mass is 9.98. The van der Waals surface area contributed by atoms with Crippen molar-refractivity contribution in [1.82, 2.24) is 14.8 Å². The molecular formula is C30H29ClF2N4O3. The highest BCUT2D eigenvalue weighted by molar-refractivity contribution is 6.34. The molecule has 0 unspecified atom stereocenters. The van der Waals surface area contributed by atoms with Crippen molar-refractivity contribution in [3.63, 3.8) is 0 Å². The van der Waals surface area contributed by atoms with Crippen LogP contribution >= 0.6 is 11.6 Å². The monoisotopic (exact) mass is 566 g/mol. The van der Waals surface area contributed by atoms with Crippen LogP contribution in [0.25, 0.3) is 0 Å². The van der Waals surface area contributed by atoms with Crippen molar-refractivity contribution < 1.29 is 23.1 Å². The Morgan fingerprint density at radius 3 is 2.50 bits per heavy atom. The van der Waals surface area contributed by atoms with Crippen LogP contribution in [0.3, 0.4) is 0 Å². The summed E-state index contributed by atoms with van der Waals surface area (Å²) in [5.41, 5.74) is 1.66. The minimum atomic E-state index is -0.717. The normalized spacial score (nSPS) is 17.5. The molecule has 5 rings (SSSR count). The molecule has 10 heteroatoms. The van der Waals surface area contributed by atoms with E-state index in [0.717, 1.165) is 6.07 Å². The van der Waals surface area contributed by atoms with E-state index >= 15 is 0 Å². The Kier molecular flexibility index (Phi) is 8.84. The van der Waals surface area contributed by atoms with E-state index in [0.29, 0.717) is 54.7 Å². The van der Waals surface area contributed by atoms with E-state index in [-0.39, 0.29) is 25.1 Å². The van der Waals surface area contributed by atoms with Gasteiger partial charge in [0.05, 0.1) is 25.0 Å². The van der Waals surface area contributed by atoms with Crippen LogP contribution < -0.4 is 0 Å². The Labute approximate surface area is 236 Å². The number of hydrazone groups is 1. The second kappa shape index (κ2) is 12.7. The van der Waals surface area contributed by atoms with Gasteiger partial charge in [-0.2, -0.15) is 5.10 Å². The molecule has 3 aromatic rings. The largest absolute Gasteiger partial charge is 0.379 e. The summed E-state index contributed by atoms with van der Waals surface area (Å²) in [6.45, 7) is 3.04. The zero-order valence-corrected chi connectivity index (χ0v) is 22.6. The second-order valence-electron chi connectivity index (χ2n) is 9.70. The molecule has 1 fully saturated rings. The third-order valence-electron chi connectivity index (χ3n) is 7.09. The summed E-state index contributed by atoms with van der Waals surface area (Å²) < 4.78 is 34.3. The SMILES string of the molecule is O=C(c1cccc(F)c1)N(CCN1CCOCC1)CC(=O)N1N=C(c2ccccc2Cl)C[C@H]1c1ccccc1F. The van der Waals surface area contributed by atoms with Crippen molar-refractivity contribution >= 4 is 29.1 Å². The van der Waals surface area contributed by atoms with Crippen LogP contribution in [0.5, 0.6) is 0 Å². The van der Waals surface area contributed by atoms with Gasteiger partial charge in [0.1, 0.15) is 18.2 Å². The first-order chi connectivity index (χ1) is 19.4. The van der Waals surface area contributed by atoms with Crippen LogP contribution in [0.1, 0.15) is 33.9 Å². The molecule has 2 amide bonds. The molecule has 1 atom stereocenters. The van der Waals surface area contributed by atoms with E-state index in [1.54, 1.807) is 36.4 Å². The third-order valence-corrected chi connectivity index (χ3v) is 7.42. The Morgan fingerprint density at radius 1 is 1.00 bits per heavy atom. The Hall–Kier alpha value is -3.66. The Bertz CT molecular complexity index is 1410. The molecule has 0 aliphatic carbocycles. The average Bonchev–Trinajstić information content (AvgIpc) is 3.41. The van der Waals surface area contributed by atoms with Gasteiger partial charge in [0, 0.05) is 54.3 Å². The number of carbonyl (C=O) groups excluding carboxylic acids is 2. The fourth-order valence-corrected chi connectivity index (χ4v) is 5.21. The molecule has 7 nitrogen and oxygen atoms in total. The molecule has 0 radical (unpaired) electrons. The van der Waals surface area contributed by atoms with E-state index in [1.807, 2.05) is 6.07 Å². The molecule has 208 valence electrons. The Morgan fingerprint density at radius 2 is 1.75 bits per heavy atom. The number of amides is 2. The minimum Gasteiger partial charge on any atom is -0.379 e. The van der Waals surface area contributed by atoms with Crippen molar-refractivity contribution in [2.45, 2.75) is 12.5 Å². The highest BCUT2D eigenvalue weighted by Crippen LogP contribution is 2.35. The number of benzene rings is 3. The van der Waals surface area contributed by atoms with Crippen LogP contribution in [0.4, 0.5) is 8.78 Å². The van der Waals surface area contributed by atoms with Gasteiger partial charge in [0.15, 0.2) is 0 Å². The minimum absolute atomic E-state index is 0.141. The van der Waals surface area contributed by atoms with E-state index in [9.17, 15) is 18.4 Å². The number of hydrogen-bond acceptors (Lipinski definition) is 5. The number of nitrogens with zero attached hydrogens (tertiary/aromatic N) is 4. The molecule has 2 aliphatic heterocycles. The van der Waals surface area contributed by atoms with Crippen molar-refractivity contribution in [3.05, 3.63) is 106 Å². The zero-order chi connectivity index (χ0) is 28.1. The third kappa shape index (κ3) is 6.38. The maximum atomic E-state index is 14.9. The topological polar surface area (TPSA) is 65.5 Å². The van der Waals surface area contributed by atoms with Crippen molar-refractivity contribution in [2.75, 3.05) is 45.9 Å². The summed E-state index contributed by atoms with van der Waals surface area (Å²) in [6.07, 6.45) is 0.252. The molecule has 2 heterocycles. The lowest BCUT2D eigenvalue weighted by molar-refractivity contribution is -0.133. The number of halogens is 3. The van der Waals surface area contributed by atoms with Gasteiger partial charge in [-0.25, -0.2) is 13.8 Å². The van der Waals surface area contributed by atoms with Crippen LogP contribution in [0.2, 0.25) is 5.02 Å². The molecule has 0 N–H and O–H groups in total. The van der Waals surface area contributed by atoms with Gasteiger partial charge >= 0.3 is 0 Å².